The molecule has 0 aromatic carbocycles. The number of thioether (sulfide) groups is 1. The van der Waals surface area contributed by atoms with Crippen LogP contribution in [0.5, 0.6) is 0 Å². The largest absolute Gasteiger partial charge is 0.469 e. The third-order valence-corrected chi connectivity index (χ3v) is 4.41. The molecule has 1 unspecified atom stereocenters. The quantitative estimate of drug-likeness (QED) is 0.747. The van der Waals surface area contributed by atoms with E-state index in [4.69, 9.17) is 8.83 Å². The fourth-order valence-electron chi connectivity index (χ4n) is 2.49. The number of hydrogen-bond acceptors (Lipinski definition) is 6. The summed E-state index contributed by atoms with van der Waals surface area (Å²) in [5.74, 6) is 1.20. The monoisotopic (exact) mass is 337 g/mol. The van der Waals surface area contributed by atoms with E-state index in [9.17, 15) is 4.79 Å². The predicted octanol–water partition coefficient (Wildman–Crippen LogP) is 3.76. The summed E-state index contributed by atoms with van der Waals surface area (Å²) in [7, 11) is 0. The van der Waals surface area contributed by atoms with Crippen molar-refractivity contribution in [1.29, 1.82) is 0 Å². The predicted molar refractivity (Wildman–Crippen MR) is 89.2 cm³/mol. The molecule has 0 N–H and O–H groups in total. The molecule has 2 rings (SSSR count). The summed E-state index contributed by atoms with van der Waals surface area (Å²) in [4.78, 5) is 14.5. The summed E-state index contributed by atoms with van der Waals surface area (Å²) in [6.45, 7) is 11.8. The van der Waals surface area contributed by atoms with E-state index >= 15 is 0 Å². The first kappa shape index (κ1) is 17.6. The minimum atomic E-state index is -0.293. The van der Waals surface area contributed by atoms with Crippen LogP contribution in [0.25, 0.3) is 11.5 Å². The molecule has 0 saturated heterocycles. The number of hydrogen-bond donors (Lipinski definition) is 0. The van der Waals surface area contributed by atoms with Crippen molar-refractivity contribution < 1.29 is 13.6 Å². The molecule has 0 aliphatic rings. The molecule has 6 nitrogen and oxygen atoms in total. The Balaban J connectivity index is 2.09. The lowest BCUT2D eigenvalue weighted by Crippen LogP contribution is -2.45. The van der Waals surface area contributed by atoms with Gasteiger partial charge in [-0.25, -0.2) is 0 Å². The zero-order valence-electron chi connectivity index (χ0n) is 14.4. The van der Waals surface area contributed by atoms with Crippen molar-refractivity contribution in [3.05, 3.63) is 18.1 Å². The molecule has 1 amide bonds. The topological polar surface area (TPSA) is 72.4 Å². The molecule has 126 valence electrons. The van der Waals surface area contributed by atoms with Crippen molar-refractivity contribution in [1.82, 2.24) is 15.1 Å². The van der Waals surface area contributed by atoms with Gasteiger partial charge in [-0.3, -0.25) is 4.79 Å². The highest BCUT2D eigenvalue weighted by molar-refractivity contribution is 8.00. The normalized spacial score (nSPS) is 12.9. The highest BCUT2D eigenvalue weighted by atomic mass is 32.2. The SMILES string of the molecule is Cc1occc1-c1nnc(SC(C)C(=O)N(C(C)C)C(C)C)o1. The first-order valence-electron chi connectivity index (χ1n) is 7.68. The van der Waals surface area contributed by atoms with Gasteiger partial charge in [-0.2, -0.15) is 0 Å². The molecule has 0 aliphatic carbocycles. The van der Waals surface area contributed by atoms with E-state index in [0.717, 1.165) is 11.3 Å². The van der Waals surface area contributed by atoms with E-state index < -0.39 is 0 Å². The van der Waals surface area contributed by atoms with Gasteiger partial charge >= 0.3 is 0 Å². The van der Waals surface area contributed by atoms with Gasteiger partial charge in [0.2, 0.25) is 5.91 Å². The van der Waals surface area contributed by atoms with Gasteiger partial charge in [-0.1, -0.05) is 11.8 Å². The van der Waals surface area contributed by atoms with Crippen LogP contribution in [0.4, 0.5) is 0 Å². The van der Waals surface area contributed by atoms with Gasteiger partial charge < -0.3 is 13.7 Å². The molecular formula is C16H23N3O3S. The van der Waals surface area contributed by atoms with Crippen molar-refractivity contribution in [2.45, 2.75) is 64.1 Å². The molecule has 2 heterocycles. The maximum Gasteiger partial charge on any atom is 0.277 e. The van der Waals surface area contributed by atoms with Crippen LogP contribution in [0.2, 0.25) is 0 Å². The van der Waals surface area contributed by atoms with Gasteiger partial charge in [0.1, 0.15) is 5.76 Å². The Bertz CT molecular complexity index is 655. The van der Waals surface area contributed by atoms with Crippen LogP contribution in [0.1, 0.15) is 40.4 Å². The van der Waals surface area contributed by atoms with Crippen LogP contribution >= 0.6 is 11.8 Å². The molecule has 0 bridgehead atoms. The smallest absolute Gasteiger partial charge is 0.277 e. The molecule has 0 aliphatic heterocycles. The lowest BCUT2D eigenvalue weighted by Gasteiger charge is -2.32. The van der Waals surface area contributed by atoms with Crippen molar-refractivity contribution in [2.24, 2.45) is 0 Å². The van der Waals surface area contributed by atoms with E-state index in [1.54, 1.807) is 12.3 Å². The van der Waals surface area contributed by atoms with E-state index in [1.807, 2.05) is 46.4 Å². The first-order chi connectivity index (χ1) is 10.8. The van der Waals surface area contributed by atoms with Gasteiger partial charge in [0.05, 0.1) is 17.1 Å². The molecule has 23 heavy (non-hydrogen) atoms. The van der Waals surface area contributed by atoms with Gasteiger partial charge in [0.25, 0.3) is 11.1 Å². The molecular weight excluding hydrogens is 314 g/mol. The number of aromatic nitrogens is 2. The third-order valence-electron chi connectivity index (χ3n) is 3.49. The van der Waals surface area contributed by atoms with Crippen LogP contribution in [0.15, 0.2) is 26.4 Å². The Morgan fingerprint density at radius 2 is 1.83 bits per heavy atom. The maximum atomic E-state index is 12.6. The number of carbonyl (C=O) groups excluding carboxylic acids is 1. The zero-order valence-corrected chi connectivity index (χ0v) is 15.2. The summed E-state index contributed by atoms with van der Waals surface area (Å²) in [5.41, 5.74) is 0.773. The molecule has 0 saturated carbocycles. The zero-order chi connectivity index (χ0) is 17.1. The van der Waals surface area contributed by atoms with E-state index in [2.05, 4.69) is 10.2 Å². The second kappa shape index (κ2) is 7.21. The van der Waals surface area contributed by atoms with E-state index in [1.165, 1.54) is 11.8 Å². The number of amides is 1. The van der Waals surface area contributed by atoms with Crippen LogP contribution < -0.4 is 0 Å². The maximum absolute atomic E-state index is 12.6. The lowest BCUT2D eigenvalue weighted by molar-refractivity contribution is -0.133. The molecule has 2 aromatic rings. The average molecular weight is 337 g/mol. The fourth-order valence-corrected chi connectivity index (χ4v) is 3.23. The molecule has 1 atom stereocenters. The van der Waals surface area contributed by atoms with Gasteiger partial charge in [-0.05, 0) is 47.6 Å². The number of carbonyl (C=O) groups is 1. The summed E-state index contributed by atoms with van der Waals surface area (Å²) in [5, 5.41) is 8.13. The van der Waals surface area contributed by atoms with Crippen molar-refractivity contribution in [3.63, 3.8) is 0 Å². The van der Waals surface area contributed by atoms with Crippen LogP contribution in [-0.4, -0.2) is 38.3 Å². The summed E-state index contributed by atoms with van der Waals surface area (Å²) < 4.78 is 10.9. The van der Waals surface area contributed by atoms with Gasteiger partial charge in [0, 0.05) is 12.1 Å². The molecule has 2 aromatic heterocycles. The minimum absolute atomic E-state index is 0.0687. The Morgan fingerprint density at radius 1 is 1.17 bits per heavy atom. The van der Waals surface area contributed by atoms with Crippen LogP contribution in [-0.2, 0) is 4.79 Å². The molecule has 0 radical (unpaired) electrons. The van der Waals surface area contributed by atoms with Crippen molar-refractivity contribution in [2.75, 3.05) is 0 Å². The average Bonchev–Trinajstić information content (AvgIpc) is 3.06. The Kier molecular flexibility index (Phi) is 5.51. The summed E-state index contributed by atoms with van der Waals surface area (Å²) in [6.07, 6.45) is 1.58. The lowest BCUT2D eigenvalue weighted by atomic mass is 10.2. The van der Waals surface area contributed by atoms with E-state index in [0.29, 0.717) is 11.1 Å². The highest BCUT2D eigenvalue weighted by Gasteiger charge is 2.27. The number of nitrogens with zero attached hydrogens (tertiary/aromatic N) is 3. The second-order valence-electron chi connectivity index (χ2n) is 5.96. The molecule has 7 heteroatoms. The molecule has 0 fully saturated rings. The highest BCUT2D eigenvalue weighted by Crippen LogP contribution is 2.29. The fraction of sp³-hybridized carbons (Fsp3) is 0.562. The number of aryl methyl sites for hydroxylation is 1. The third kappa shape index (κ3) is 3.96. The number of furan rings is 1. The summed E-state index contributed by atoms with van der Waals surface area (Å²) in [6, 6.07) is 2.08. The van der Waals surface area contributed by atoms with Crippen LogP contribution in [0, 0.1) is 6.92 Å². The standard InChI is InChI=1S/C16H23N3O3S/c1-9(2)19(10(3)4)15(20)12(6)23-16-18-17-14(22-16)13-7-8-21-11(13)5/h7-10,12H,1-6H3. The number of rotatable bonds is 6. The van der Waals surface area contributed by atoms with E-state index in [-0.39, 0.29) is 23.2 Å². The Hall–Kier alpha value is -1.76. The first-order valence-corrected chi connectivity index (χ1v) is 8.56. The van der Waals surface area contributed by atoms with Crippen molar-refractivity contribution in [3.8, 4) is 11.5 Å². The van der Waals surface area contributed by atoms with Gasteiger partial charge in [-0.15, -0.1) is 10.2 Å². The second-order valence-corrected chi connectivity index (χ2v) is 7.25. The molecule has 0 spiro atoms. The van der Waals surface area contributed by atoms with Crippen molar-refractivity contribution >= 4 is 17.7 Å². The Morgan fingerprint density at radius 3 is 2.35 bits per heavy atom. The summed E-state index contributed by atoms with van der Waals surface area (Å²) >= 11 is 1.28. The van der Waals surface area contributed by atoms with Crippen LogP contribution in [0.3, 0.4) is 0 Å². The minimum Gasteiger partial charge on any atom is -0.469 e. The van der Waals surface area contributed by atoms with Gasteiger partial charge in [0.15, 0.2) is 0 Å². The Labute approximate surface area is 140 Å².